The number of nitrogens with zero attached hydrogens (tertiary/aromatic N) is 2. The SMILES string of the molecule is CC(C)n1ccc(CNCCc2ccc(Br)s2)n1. The fourth-order valence-electron chi connectivity index (χ4n) is 1.67. The molecule has 1 N–H and O–H groups in total. The predicted molar refractivity (Wildman–Crippen MR) is 80.0 cm³/mol. The largest absolute Gasteiger partial charge is 0.311 e. The smallest absolute Gasteiger partial charge is 0.0762 e. The second-order valence-electron chi connectivity index (χ2n) is 4.51. The molecule has 0 amide bonds. The quantitative estimate of drug-likeness (QED) is 0.821. The third kappa shape index (κ3) is 3.93. The van der Waals surface area contributed by atoms with E-state index in [1.807, 2.05) is 10.9 Å². The van der Waals surface area contributed by atoms with Crippen molar-refractivity contribution in [1.82, 2.24) is 15.1 Å². The summed E-state index contributed by atoms with van der Waals surface area (Å²) in [6.07, 6.45) is 3.11. The molecule has 2 heterocycles. The lowest BCUT2D eigenvalue weighted by Gasteiger charge is -2.04. The van der Waals surface area contributed by atoms with Crippen molar-refractivity contribution in [2.75, 3.05) is 6.54 Å². The Morgan fingerprint density at radius 1 is 1.39 bits per heavy atom. The first-order valence-corrected chi connectivity index (χ1v) is 7.75. The number of halogens is 1. The topological polar surface area (TPSA) is 29.9 Å². The number of hydrogen-bond donors (Lipinski definition) is 1. The zero-order valence-electron chi connectivity index (χ0n) is 10.7. The summed E-state index contributed by atoms with van der Waals surface area (Å²) in [6, 6.07) is 6.78. The summed E-state index contributed by atoms with van der Waals surface area (Å²) in [5.74, 6) is 0. The van der Waals surface area contributed by atoms with Gasteiger partial charge in [-0.15, -0.1) is 11.3 Å². The maximum absolute atomic E-state index is 4.51. The van der Waals surface area contributed by atoms with E-state index in [1.165, 1.54) is 8.66 Å². The van der Waals surface area contributed by atoms with Gasteiger partial charge in [-0.05, 0) is 54.4 Å². The highest BCUT2D eigenvalue weighted by Gasteiger charge is 2.02. The molecule has 0 aromatic carbocycles. The van der Waals surface area contributed by atoms with Gasteiger partial charge in [0.25, 0.3) is 0 Å². The molecule has 0 spiro atoms. The van der Waals surface area contributed by atoms with Crippen molar-refractivity contribution in [2.45, 2.75) is 32.9 Å². The van der Waals surface area contributed by atoms with Crippen molar-refractivity contribution in [1.29, 1.82) is 0 Å². The normalized spacial score (nSPS) is 11.3. The molecule has 0 radical (unpaired) electrons. The molecule has 2 aromatic heterocycles. The van der Waals surface area contributed by atoms with Crippen LogP contribution >= 0.6 is 27.3 Å². The van der Waals surface area contributed by atoms with Gasteiger partial charge >= 0.3 is 0 Å². The summed E-state index contributed by atoms with van der Waals surface area (Å²) in [6.45, 7) is 6.10. The third-order valence-electron chi connectivity index (χ3n) is 2.68. The van der Waals surface area contributed by atoms with Crippen LogP contribution in [0, 0.1) is 0 Å². The van der Waals surface area contributed by atoms with Gasteiger partial charge in [-0.1, -0.05) is 0 Å². The van der Waals surface area contributed by atoms with E-state index in [4.69, 9.17) is 0 Å². The Morgan fingerprint density at radius 2 is 2.22 bits per heavy atom. The number of nitrogens with one attached hydrogen (secondary N) is 1. The maximum Gasteiger partial charge on any atom is 0.0762 e. The minimum absolute atomic E-state index is 0.433. The first kappa shape index (κ1) is 13.8. The number of thiophene rings is 1. The van der Waals surface area contributed by atoms with E-state index in [-0.39, 0.29) is 0 Å². The molecule has 0 unspecified atom stereocenters. The Hall–Kier alpha value is -0.650. The van der Waals surface area contributed by atoms with Gasteiger partial charge in [0.2, 0.25) is 0 Å². The summed E-state index contributed by atoms with van der Waals surface area (Å²) >= 11 is 5.28. The van der Waals surface area contributed by atoms with E-state index >= 15 is 0 Å². The molecule has 0 bridgehead atoms. The Labute approximate surface area is 120 Å². The molecule has 0 atom stereocenters. The van der Waals surface area contributed by atoms with Crippen molar-refractivity contribution in [3.05, 3.63) is 38.8 Å². The molecule has 18 heavy (non-hydrogen) atoms. The summed E-state index contributed by atoms with van der Waals surface area (Å²) in [7, 11) is 0. The molecule has 0 saturated heterocycles. The van der Waals surface area contributed by atoms with Crippen LogP contribution in [-0.4, -0.2) is 16.3 Å². The van der Waals surface area contributed by atoms with Crippen LogP contribution < -0.4 is 5.32 Å². The Bertz CT molecular complexity index is 490. The van der Waals surface area contributed by atoms with Crippen molar-refractivity contribution in [3.63, 3.8) is 0 Å². The van der Waals surface area contributed by atoms with Crippen LogP contribution in [-0.2, 0) is 13.0 Å². The molecule has 2 rings (SSSR count). The molecular weight excluding hydrogens is 310 g/mol. The fourth-order valence-corrected chi connectivity index (χ4v) is 3.16. The minimum Gasteiger partial charge on any atom is -0.311 e. The maximum atomic E-state index is 4.51. The van der Waals surface area contributed by atoms with Gasteiger partial charge in [-0.2, -0.15) is 5.10 Å². The first-order valence-electron chi connectivity index (χ1n) is 6.14. The zero-order valence-corrected chi connectivity index (χ0v) is 13.1. The summed E-state index contributed by atoms with van der Waals surface area (Å²) in [5, 5.41) is 7.93. The predicted octanol–water partition coefficient (Wildman–Crippen LogP) is 3.62. The molecule has 98 valence electrons. The lowest BCUT2D eigenvalue weighted by Crippen LogP contribution is -2.17. The van der Waals surface area contributed by atoms with E-state index in [0.717, 1.165) is 25.2 Å². The number of rotatable bonds is 6. The van der Waals surface area contributed by atoms with Crippen LogP contribution in [0.5, 0.6) is 0 Å². The molecular formula is C13H18BrN3S. The molecule has 0 aliphatic carbocycles. The lowest BCUT2D eigenvalue weighted by atomic mass is 10.3. The van der Waals surface area contributed by atoms with E-state index in [1.54, 1.807) is 11.3 Å². The van der Waals surface area contributed by atoms with Crippen molar-refractivity contribution in [2.24, 2.45) is 0 Å². The number of aromatic nitrogens is 2. The highest BCUT2D eigenvalue weighted by Crippen LogP contribution is 2.22. The molecule has 2 aromatic rings. The fraction of sp³-hybridized carbons (Fsp3) is 0.462. The Balaban J connectivity index is 1.71. The van der Waals surface area contributed by atoms with Crippen molar-refractivity contribution >= 4 is 27.3 Å². The van der Waals surface area contributed by atoms with Crippen molar-refractivity contribution < 1.29 is 0 Å². The zero-order chi connectivity index (χ0) is 13.0. The number of hydrogen-bond acceptors (Lipinski definition) is 3. The molecule has 3 nitrogen and oxygen atoms in total. The molecule has 5 heteroatoms. The first-order chi connectivity index (χ1) is 8.65. The molecule has 0 aliphatic heterocycles. The highest BCUT2D eigenvalue weighted by atomic mass is 79.9. The van der Waals surface area contributed by atoms with Gasteiger partial charge in [0.1, 0.15) is 0 Å². The van der Waals surface area contributed by atoms with Crippen LogP contribution in [0.1, 0.15) is 30.5 Å². The van der Waals surface area contributed by atoms with Gasteiger partial charge in [0, 0.05) is 30.2 Å². The van der Waals surface area contributed by atoms with Crippen LogP contribution in [0.2, 0.25) is 0 Å². The molecule has 0 aliphatic rings. The van der Waals surface area contributed by atoms with Crippen LogP contribution in [0.3, 0.4) is 0 Å². The Kier molecular flexibility index (Phi) is 4.97. The van der Waals surface area contributed by atoms with E-state index in [2.05, 4.69) is 58.4 Å². The average Bonchev–Trinajstić information content (AvgIpc) is 2.93. The summed E-state index contributed by atoms with van der Waals surface area (Å²) in [5.41, 5.74) is 1.11. The van der Waals surface area contributed by atoms with Gasteiger partial charge in [0.15, 0.2) is 0 Å². The van der Waals surface area contributed by atoms with E-state index in [0.29, 0.717) is 6.04 Å². The second-order valence-corrected chi connectivity index (χ2v) is 7.06. The summed E-state index contributed by atoms with van der Waals surface area (Å²) < 4.78 is 3.20. The van der Waals surface area contributed by atoms with E-state index < -0.39 is 0 Å². The lowest BCUT2D eigenvalue weighted by molar-refractivity contribution is 0.522. The van der Waals surface area contributed by atoms with Gasteiger partial charge in [-0.3, -0.25) is 4.68 Å². The average molecular weight is 328 g/mol. The molecule has 0 saturated carbocycles. The third-order valence-corrected chi connectivity index (χ3v) is 4.36. The Morgan fingerprint density at radius 3 is 2.83 bits per heavy atom. The minimum atomic E-state index is 0.433. The van der Waals surface area contributed by atoms with Gasteiger partial charge in [0.05, 0.1) is 9.48 Å². The standard InChI is InChI=1S/C13H18BrN3S/c1-10(2)17-8-6-11(16-17)9-15-7-5-12-3-4-13(14)18-12/h3-4,6,8,10,15H,5,7,9H2,1-2H3. The van der Waals surface area contributed by atoms with Crippen LogP contribution in [0.4, 0.5) is 0 Å². The van der Waals surface area contributed by atoms with Crippen LogP contribution in [0.15, 0.2) is 28.2 Å². The molecule has 0 fully saturated rings. The summed E-state index contributed by atoms with van der Waals surface area (Å²) in [4.78, 5) is 1.40. The monoisotopic (exact) mass is 327 g/mol. The van der Waals surface area contributed by atoms with Crippen LogP contribution in [0.25, 0.3) is 0 Å². The van der Waals surface area contributed by atoms with E-state index in [9.17, 15) is 0 Å². The highest BCUT2D eigenvalue weighted by molar-refractivity contribution is 9.11. The van der Waals surface area contributed by atoms with Gasteiger partial charge in [-0.25, -0.2) is 0 Å². The van der Waals surface area contributed by atoms with Gasteiger partial charge < -0.3 is 5.32 Å². The second kappa shape index (κ2) is 6.50. The van der Waals surface area contributed by atoms with Crippen molar-refractivity contribution in [3.8, 4) is 0 Å².